The Morgan fingerprint density at radius 3 is 2.61 bits per heavy atom. The van der Waals surface area contributed by atoms with Crippen molar-refractivity contribution in [2.75, 3.05) is 4.90 Å². The highest BCUT2D eigenvalue weighted by Gasteiger charge is 2.37. The highest BCUT2D eigenvalue weighted by Crippen LogP contribution is 2.54. The van der Waals surface area contributed by atoms with Gasteiger partial charge in [0.15, 0.2) is 0 Å². The number of allylic oxidation sites excluding steroid dienone is 6. The number of hydrogen-bond acceptors (Lipinski definition) is 2. The van der Waals surface area contributed by atoms with Gasteiger partial charge in [-0.15, -0.1) is 17.1 Å². The lowest BCUT2D eigenvalue weighted by molar-refractivity contribution is 0.661. The van der Waals surface area contributed by atoms with Crippen LogP contribution in [0.15, 0.2) is 115 Å². The van der Waals surface area contributed by atoms with Gasteiger partial charge in [-0.25, -0.2) is 0 Å². The molecule has 2 heteroatoms. The maximum Gasteiger partial charge on any atom is 0.0467 e. The fraction of sp³-hybridized carbons (Fsp3) is 0.139. The van der Waals surface area contributed by atoms with Crippen molar-refractivity contribution in [2.24, 2.45) is 0 Å². The Bertz CT molecular complexity index is 1760. The maximum absolute atomic E-state index is 3.85. The molecule has 1 nitrogen and oxygen atoms in total. The van der Waals surface area contributed by atoms with Crippen LogP contribution in [0, 0.1) is 13.8 Å². The molecule has 2 aliphatic carbocycles. The lowest BCUT2D eigenvalue weighted by Gasteiger charge is -2.29. The Morgan fingerprint density at radius 1 is 0.947 bits per heavy atom. The first-order valence-corrected chi connectivity index (χ1v) is 13.9. The lowest BCUT2D eigenvalue weighted by atomic mass is 9.82. The van der Waals surface area contributed by atoms with E-state index in [9.17, 15) is 0 Å². The third-order valence-electron chi connectivity index (χ3n) is 7.73. The quantitative estimate of drug-likeness (QED) is 0.191. The van der Waals surface area contributed by atoms with Gasteiger partial charge in [-0.05, 0) is 102 Å². The molecule has 186 valence electrons. The number of hydrogen-bond donors (Lipinski definition) is 0. The van der Waals surface area contributed by atoms with Crippen molar-refractivity contribution in [1.82, 2.24) is 0 Å². The maximum atomic E-state index is 3.85. The Labute approximate surface area is 229 Å². The van der Waals surface area contributed by atoms with Gasteiger partial charge >= 0.3 is 0 Å². The van der Waals surface area contributed by atoms with E-state index in [-0.39, 0.29) is 5.41 Å². The largest absolute Gasteiger partial charge is 0.310 e. The molecule has 0 N–H and O–H groups in total. The molecule has 0 amide bonds. The second kappa shape index (κ2) is 9.33. The number of anilines is 2. The first-order valence-electron chi connectivity index (χ1n) is 13.1. The van der Waals surface area contributed by atoms with Crippen molar-refractivity contribution in [1.29, 1.82) is 0 Å². The zero-order chi connectivity index (χ0) is 26.4. The van der Waals surface area contributed by atoms with Crippen LogP contribution in [0.4, 0.5) is 11.4 Å². The number of aryl methyl sites for hydroxylation is 2. The minimum absolute atomic E-state index is 0.0999. The predicted molar refractivity (Wildman–Crippen MR) is 167 cm³/mol. The van der Waals surface area contributed by atoms with E-state index in [4.69, 9.17) is 0 Å². The summed E-state index contributed by atoms with van der Waals surface area (Å²) in [5, 5.41) is 1.35. The van der Waals surface area contributed by atoms with Gasteiger partial charge in [0, 0.05) is 37.6 Å². The van der Waals surface area contributed by atoms with Gasteiger partial charge in [-0.1, -0.05) is 69.0 Å². The Hall–Kier alpha value is -4.10. The van der Waals surface area contributed by atoms with Crippen molar-refractivity contribution in [2.45, 2.75) is 33.1 Å². The van der Waals surface area contributed by atoms with Crippen LogP contribution in [-0.2, 0) is 5.41 Å². The standard InChI is InChI=1S/C36H31NS/c1-6-7-17-33-25(3)29-20-21-31-34(35(29)38-33)30-19-18-28(23-32(30)36(31,4)5)37(26-14-10-8-9-11-15-26)27-16-12-13-24(2)22-27/h6-8,10-23H,1H2,2-5H3/b17-7-. The van der Waals surface area contributed by atoms with E-state index in [0.29, 0.717) is 0 Å². The fourth-order valence-electron chi connectivity index (χ4n) is 5.77. The van der Waals surface area contributed by atoms with E-state index in [1.54, 1.807) is 0 Å². The molecule has 0 radical (unpaired) electrons. The highest BCUT2D eigenvalue weighted by atomic mass is 32.1. The molecule has 38 heavy (non-hydrogen) atoms. The zero-order valence-corrected chi connectivity index (χ0v) is 23.2. The van der Waals surface area contributed by atoms with Crippen molar-refractivity contribution in [3.63, 3.8) is 0 Å². The van der Waals surface area contributed by atoms with Crippen LogP contribution in [0.1, 0.15) is 41.0 Å². The van der Waals surface area contributed by atoms with E-state index in [1.165, 1.54) is 48.3 Å². The molecule has 0 unspecified atom stereocenters. The summed E-state index contributed by atoms with van der Waals surface area (Å²) in [4.78, 5) is 3.65. The molecule has 0 saturated heterocycles. The van der Waals surface area contributed by atoms with Gasteiger partial charge in [0.25, 0.3) is 0 Å². The van der Waals surface area contributed by atoms with E-state index >= 15 is 0 Å². The molecule has 0 atom stereocenters. The number of nitrogens with zero attached hydrogens (tertiary/aromatic N) is 1. The highest BCUT2D eigenvalue weighted by molar-refractivity contribution is 7.20. The molecule has 2 aliphatic rings. The van der Waals surface area contributed by atoms with Crippen LogP contribution in [0.5, 0.6) is 0 Å². The molecule has 0 aliphatic heterocycles. The summed E-state index contributed by atoms with van der Waals surface area (Å²) in [6.45, 7) is 13.0. The van der Waals surface area contributed by atoms with Gasteiger partial charge in [0.1, 0.15) is 0 Å². The third-order valence-corrected chi connectivity index (χ3v) is 9.02. The zero-order valence-electron chi connectivity index (χ0n) is 22.4. The van der Waals surface area contributed by atoms with E-state index in [1.807, 2.05) is 35.6 Å². The molecular formula is C36H31NS. The fourth-order valence-corrected chi connectivity index (χ4v) is 7.05. The molecule has 0 saturated carbocycles. The van der Waals surface area contributed by atoms with Crippen LogP contribution in [0.25, 0.3) is 27.3 Å². The topological polar surface area (TPSA) is 3.24 Å². The van der Waals surface area contributed by atoms with Gasteiger partial charge in [0.2, 0.25) is 0 Å². The first kappa shape index (κ1) is 24.2. The molecule has 6 rings (SSSR count). The average Bonchev–Trinajstić information content (AvgIpc) is 3.18. The predicted octanol–water partition coefficient (Wildman–Crippen LogP) is 10.3. The van der Waals surface area contributed by atoms with Crippen molar-refractivity contribution < 1.29 is 0 Å². The molecule has 0 fully saturated rings. The normalized spacial score (nSPS) is 15.0. The lowest BCUT2D eigenvalue weighted by Crippen LogP contribution is -2.18. The second-order valence-electron chi connectivity index (χ2n) is 10.5. The van der Waals surface area contributed by atoms with Crippen LogP contribution in [0.2, 0.25) is 0 Å². The Kier molecular flexibility index (Phi) is 5.95. The molecule has 0 spiro atoms. The van der Waals surface area contributed by atoms with Gasteiger partial charge < -0.3 is 4.90 Å². The van der Waals surface area contributed by atoms with Gasteiger partial charge in [0.05, 0.1) is 0 Å². The molecular weight excluding hydrogens is 478 g/mol. The molecule has 4 aromatic rings. The summed E-state index contributed by atoms with van der Waals surface area (Å²) in [6.07, 6.45) is 16.3. The van der Waals surface area contributed by atoms with Crippen LogP contribution < -0.4 is 4.90 Å². The summed E-state index contributed by atoms with van der Waals surface area (Å²) in [5.41, 5.74) is 14.6. The number of rotatable bonds is 5. The summed E-state index contributed by atoms with van der Waals surface area (Å²) < 4.78 is 1.38. The molecule has 0 bridgehead atoms. The van der Waals surface area contributed by atoms with Crippen LogP contribution in [-0.4, -0.2) is 0 Å². The minimum Gasteiger partial charge on any atom is -0.310 e. The monoisotopic (exact) mass is 509 g/mol. The van der Waals surface area contributed by atoms with Gasteiger partial charge in [-0.3, -0.25) is 0 Å². The molecule has 3 aromatic carbocycles. The second-order valence-corrected chi connectivity index (χ2v) is 11.6. The number of benzene rings is 3. The third kappa shape index (κ3) is 3.85. The smallest absolute Gasteiger partial charge is 0.0467 e. The van der Waals surface area contributed by atoms with Crippen molar-refractivity contribution in [3.05, 3.63) is 142 Å². The van der Waals surface area contributed by atoms with Gasteiger partial charge in [-0.2, -0.15) is 0 Å². The van der Waals surface area contributed by atoms with E-state index in [0.717, 1.165) is 17.1 Å². The molecule has 1 aromatic heterocycles. The van der Waals surface area contributed by atoms with Crippen LogP contribution >= 0.6 is 11.3 Å². The summed E-state index contributed by atoms with van der Waals surface area (Å²) in [6, 6.07) is 20.4. The Balaban J connectivity index is 1.55. The average molecular weight is 510 g/mol. The number of thiophene rings is 1. The summed E-state index contributed by atoms with van der Waals surface area (Å²) in [7, 11) is 0. The Morgan fingerprint density at radius 2 is 1.79 bits per heavy atom. The molecule has 1 heterocycles. The summed E-state index contributed by atoms with van der Waals surface area (Å²) in [5.74, 6) is 0. The first-order chi connectivity index (χ1) is 18.4. The minimum atomic E-state index is -0.0999. The van der Waals surface area contributed by atoms with E-state index < -0.39 is 0 Å². The van der Waals surface area contributed by atoms with Crippen molar-refractivity contribution in [3.8, 4) is 11.1 Å². The SMILES string of the molecule is C=C/C=C\c1sc2c3c(ccc2c1C)C(C)(C)c1cc(N(C2=CC=C=CC=C2)c2cccc(C)c2)ccc1-3. The van der Waals surface area contributed by atoms with E-state index in [2.05, 4.69) is 124 Å². The van der Waals surface area contributed by atoms with Crippen molar-refractivity contribution >= 4 is 38.9 Å². The number of fused-ring (bicyclic) bond motifs is 5. The van der Waals surface area contributed by atoms with Crippen LogP contribution in [0.3, 0.4) is 0 Å². The summed E-state index contributed by atoms with van der Waals surface area (Å²) >= 11 is 1.89.